The Morgan fingerprint density at radius 3 is 2.38 bits per heavy atom. The van der Waals surface area contributed by atoms with Crippen molar-refractivity contribution in [1.82, 2.24) is 10.2 Å². The van der Waals surface area contributed by atoms with Crippen molar-refractivity contribution in [3.05, 3.63) is 70.8 Å². The monoisotopic (exact) mass is 503 g/mol. The van der Waals surface area contributed by atoms with Crippen LogP contribution in [0.3, 0.4) is 0 Å². The number of carboxylic acid groups (broad SMARTS) is 1. The number of nitrogens with zero attached hydrogens (tertiary/aromatic N) is 2. The first kappa shape index (κ1) is 26.4. The fourth-order valence-corrected chi connectivity index (χ4v) is 5.74. The Morgan fingerprint density at radius 2 is 1.73 bits per heavy atom. The first-order valence-corrected chi connectivity index (χ1v) is 12.7. The van der Waals surface area contributed by atoms with Crippen LogP contribution in [0.1, 0.15) is 77.8 Å². The summed E-state index contributed by atoms with van der Waals surface area (Å²) in [5.74, 6) is -1.90. The molecule has 2 aliphatic rings. The molecule has 1 aliphatic heterocycles. The molecule has 194 valence electrons. The zero-order chi connectivity index (χ0) is 26.8. The molecule has 3 unspecified atom stereocenters. The fourth-order valence-electron chi connectivity index (χ4n) is 5.74. The zero-order valence-corrected chi connectivity index (χ0v) is 21.2. The van der Waals surface area contributed by atoms with Gasteiger partial charge in [0.25, 0.3) is 5.91 Å². The normalized spacial score (nSPS) is 25.1. The number of amides is 2. The average molecular weight is 504 g/mol. The molecule has 2 aromatic rings. The number of hydrogen-bond acceptors (Lipinski definition) is 5. The van der Waals surface area contributed by atoms with Crippen LogP contribution in [-0.4, -0.2) is 52.0 Å². The Hall–Kier alpha value is -3.70. The summed E-state index contributed by atoms with van der Waals surface area (Å²) in [6.07, 6.45) is 3.49. The van der Waals surface area contributed by atoms with Gasteiger partial charge in [0, 0.05) is 30.1 Å². The van der Waals surface area contributed by atoms with Crippen molar-refractivity contribution in [2.24, 2.45) is 11.3 Å². The van der Waals surface area contributed by atoms with Gasteiger partial charge < -0.3 is 20.4 Å². The molecule has 8 nitrogen and oxygen atoms in total. The van der Waals surface area contributed by atoms with Gasteiger partial charge in [0.2, 0.25) is 5.91 Å². The maximum atomic E-state index is 13.7. The van der Waals surface area contributed by atoms with Gasteiger partial charge in [-0.1, -0.05) is 44.9 Å². The number of carboxylic acids is 1. The summed E-state index contributed by atoms with van der Waals surface area (Å²) in [4.78, 5) is 39.8. The van der Waals surface area contributed by atoms with Gasteiger partial charge in [0.15, 0.2) is 0 Å². The lowest BCUT2D eigenvalue weighted by Crippen LogP contribution is -2.59. The van der Waals surface area contributed by atoms with E-state index >= 15 is 0 Å². The van der Waals surface area contributed by atoms with Crippen molar-refractivity contribution in [2.75, 3.05) is 13.1 Å². The second-order valence-electron chi connectivity index (χ2n) is 10.8. The third-order valence-electron chi connectivity index (χ3n) is 8.02. The Balaban J connectivity index is 1.48. The van der Waals surface area contributed by atoms with E-state index in [1.54, 1.807) is 35.2 Å². The molecule has 1 saturated heterocycles. The number of benzene rings is 2. The lowest BCUT2D eigenvalue weighted by Gasteiger charge is -2.51. The number of aliphatic hydroxyl groups is 1. The van der Waals surface area contributed by atoms with Crippen LogP contribution in [0.25, 0.3) is 0 Å². The van der Waals surface area contributed by atoms with E-state index < -0.39 is 17.0 Å². The van der Waals surface area contributed by atoms with Crippen molar-refractivity contribution < 1.29 is 24.6 Å². The first-order chi connectivity index (χ1) is 17.6. The molecule has 4 rings (SSSR count). The van der Waals surface area contributed by atoms with Crippen LogP contribution in [0.5, 0.6) is 0 Å². The number of aromatic carboxylic acids is 1. The van der Waals surface area contributed by atoms with Crippen LogP contribution >= 0.6 is 0 Å². The van der Waals surface area contributed by atoms with Crippen molar-refractivity contribution >= 4 is 17.8 Å². The number of hydrogen-bond donors (Lipinski definition) is 3. The molecule has 2 aromatic carbocycles. The minimum Gasteiger partial charge on any atom is -0.478 e. The molecule has 0 aromatic heterocycles. The van der Waals surface area contributed by atoms with Crippen LogP contribution < -0.4 is 5.32 Å². The molecular weight excluding hydrogens is 470 g/mol. The quantitative estimate of drug-likeness (QED) is 0.570. The molecule has 3 atom stereocenters. The van der Waals surface area contributed by atoms with Crippen molar-refractivity contribution in [2.45, 2.75) is 57.6 Å². The predicted octanol–water partition coefficient (Wildman–Crippen LogP) is 3.69. The smallest absolute Gasteiger partial charge is 0.335 e. The number of carbonyl (C=O) groups excluding carboxylic acids is 2. The standard InChI is InChI=1S/C29H33N3O5/c1-28(2)18-32(15-14-29(28,37)22-12-10-19(17-30)11-13-22)26(34)23-8-3-4-9-24(23)31-25(33)20-6-5-7-21(16-20)27(35)36/h5-7,10-13,16,23-24,37H,3-4,8-9,14-15,18H2,1-2H3,(H,31,33)(H,35,36). The molecule has 1 heterocycles. The second kappa shape index (κ2) is 10.3. The zero-order valence-electron chi connectivity index (χ0n) is 21.2. The van der Waals surface area contributed by atoms with Gasteiger partial charge in [-0.2, -0.15) is 5.26 Å². The van der Waals surface area contributed by atoms with Gasteiger partial charge in [-0.05, 0) is 55.2 Å². The summed E-state index contributed by atoms with van der Waals surface area (Å²) in [6, 6.07) is 14.6. The first-order valence-electron chi connectivity index (χ1n) is 12.7. The second-order valence-corrected chi connectivity index (χ2v) is 10.8. The molecule has 2 amide bonds. The summed E-state index contributed by atoms with van der Waals surface area (Å²) >= 11 is 0. The summed E-state index contributed by atoms with van der Waals surface area (Å²) < 4.78 is 0. The molecule has 0 radical (unpaired) electrons. The van der Waals surface area contributed by atoms with Crippen molar-refractivity contribution in [3.8, 4) is 6.07 Å². The number of piperidine rings is 1. The lowest BCUT2D eigenvalue weighted by molar-refractivity contribution is -0.158. The molecule has 2 fully saturated rings. The van der Waals surface area contributed by atoms with Crippen LogP contribution in [-0.2, 0) is 10.4 Å². The molecule has 37 heavy (non-hydrogen) atoms. The van der Waals surface area contributed by atoms with E-state index in [0.717, 1.165) is 18.4 Å². The van der Waals surface area contributed by atoms with Crippen LogP contribution in [0.15, 0.2) is 48.5 Å². The van der Waals surface area contributed by atoms with Gasteiger partial charge in [-0.15, -0.1) is 0 Å². The summed E-state index contributed by atoms with van der Waals surface area (Å²) in [5.41, 5.74) is -0.238. The highest BCUT2D eigenvalue weighted by Gasteiger charge is 2.50. The minimum absolute atomic E-state index is 0.0285. The van der Waals surface area contributed by atoms with Gasteiger partial charge in [-0.25, -0.2) is 4.79 Å². The third-order valence-corrected chi connectivity index (χ3v) is 8.02. The molecule has 8 heteroatoms. The molecule has 0 spiro atoms. The van der Waals surface area contributed by atoms with Gasteiger partial charge >= 0.3 is 5.97 Å². The van der Waals surface area contributed by atoms with Crippen molar-refractivity contribution in [1.29, 1.82) is 5.26 Å². The largest absolute Gasteiger partial charge is 0.478 e. The molecule has 1 saturated carbocycles. The van der Waals surface area contributed by atoms with Crippen LogP contribution in [0, 0.1) is 22.7 Å². The minimum atomic E-state index is -1.15. The summed E-state index contributed by atoms with van der Waals surface area (Å²) in [5, 5.41) is 33.0. The number of rotatable bonds is 5. The van der Waals surface area contributed by atoms with Crippen LogP contribution in [0.2, 0.25) is 0 Å². The number of carbonyl (C=O) groups is 3. The number of nitrogens with one attached hydrogen (secondary N) is 1. The van der Waals surface area contributed by atoms with E-state index in [1.165, 1.54) is 18.2 Å². The highest BCUT2D eigenvalue weighted by Crippen LogP contribution is 2.46. The highest BCUT2D eigenvalue weighted by atomic mass is 16.4. The summed E-state index contributed by atoms with van der Waals surface area (Å²) in [7, 11) is 0. The number of nitriles is 1. The van der Waals surface area contributed by atoms with Gasteiger partial charge in [-0.3, -0.25) is 9.59 Å². The Bertz CT molecular complexity index is 1230. The van der Waals surface area contributed by atoms with Crippen LogP contribution in [0.4, 0.5) is 0 Å². The average Bonchev–Trinajstić information content (AvgIpc) is 2.90. The predicted molar refractivity (Wildman–Crippen MR) is 137 cm³/mol. The fraction of sp³-hybridized carbons (Fsp3) is 0.448. The van der Waals surface area contributed by atoms with E-state index in [2.05, 4.69) is 11.4 Å². The maximum absolute atomic E-state index is 13.7. The highest BCUT2D eigenvalue weighted by molar-refractivity contribution is 5.98. The topological polar surface area (TPSA) is 131 Å². The van der Waals surface area contributed by atoms with Crippen molar-refractivity contribution in [3.63, 3.8) is 0 Å². The Kier molecular flexibility index (Phi) is 7.37. The molecule has 1 aliphatic carbocycles. The third kappa shape index (κ3) is 5.23. The molecular formula is C29H33N3O5. The van der Waals surface area contributed by atoms with Gasteiger partial charge in [0.1, 0.15) is 0 Å². The SMILES string of the molecule is CC1(C)CN(C(=O)C2CCCCC2NC(=O)c2cccc(C(=O)O)c2)CCC1(O)c1ccc(C#N)cc1. The van der Waals surface area contributed by atoms with E-state index in [0.29, 0.717) is 37.9 Å². The summed E-state index contributed by atoms with van der Waals surface area (Å²) in [6.45, 7) is 4.64. The Morgan fingerprint density at radius 1 is 1.05 bits per heavy atom. The van der Waals surface area contributed by atoms with E-state index in [-0.39, 0.29) is 34.9 Å². The Labute approximate surface area is 216 Å². The maximum Gasteiger partial charge on any atom is 0.335 e. The molecule has 3 N–H and O–H groups in total. The van der Waals surface area contributed by atoms with E-state index in [9.17, 15) is 24.6 Å². The lowest BCUT2D eigenvalue weighted by atomic mass is 9.66. The van der Waals surface area contributed by atoms with E-state index in [4.69, 9.17) is 5.26 Å². The van der Waals surface area contributed by atoms with E-state index in [1.807, 2.05) is 13.8 Å². The number of likely N-dealkylation sites (tertiary alicyclic amines) is 1. The molecule has 0 bridgehead atoms. The van der Waals surface area contributed by atoms with Gasteiger partial charge in [0.05, 0.1) is 28.7 Å².